The Bertz CT molecular complexity index is 1200. The third-order valence-corrected chi connectivity index (χ3v) is 7.36. The van der Waals surface area contributed by atoms with Gasteiger partial charge in [-0.3, -0.25) is 14.6 Å². The number of nitrogens with one attached hydrogen (secondary N) is 3. The van der Waals surface area contributed by atoms with Gasteiger partial charge in [-0.05, 0) is 42.5 Å². The average molecular weight is 541 g/mol. The molecule has 1 aliphatic heterocycles. The zero-order valence-corrected chi connectivity index (χ0v) is 23.1. The number of hydrogen-bond acceptors (Lipinski definition) is 4. The summed E-state index contributed by atoms with van der Waals surface area (Å²) in [6.07, 6.45) is 2.13. The molecule has 0 aliphatic carbocycles. The molecule has 8 nitrogen and oxygen atoms in total. The Morgan fingerprint density at radius 2 is 1.57 bits per heavy atom. The predicted octanol–water partition coefficient (Wildman–Crippen LogP) is 3.12. The van der Waals surface area contributed by atoms with Gasteiger partial charge in [-0.15, -0.1) is 0 Å². The summed E-state index contributed by atoms with van der Waals surface area (Å²) in [4.78, 5) is 32.6. The van der Waals surface area contributed by atoms with E-state index in [9.17, 15) is 9.59 Å². The third kappa shape index (κ3) is 8.16. The van der Waals surface area contributed by atoms with Crippen LogP contribution in [-0.4, -0.2) is 68.0 Å². The van der Waals surface area contributed by atoms with Gasteiger partial charge in [0.25, 0.3) is 5.91 Å². The highest BCUT2D eigenvalue weighted by molar-refractivity contribution is 5.94. The summed E-state index contributed by atoms with van der Waals surface area (Å²) >= 11 is 0. The minimum Gasteiger partial charge on any atom is -0.370 e. The monoisotopic (exact) mass is 540 g/mol. The van der Waals surface area contributed by atoms with Crippen LogP contribution < -0.4 is 21.7 Å². The fourth-order valence-electron chi connectivity index (χ4n) is 5.13. The van der Waals surface area contributed by atoms with Crippen LogP contribution in [0.3, 0.4) is 0 Å². The van der Waals surface area contributed by atoms with Crippen LogP contribution in [0.15, 0.2) is 96.0 Å². The van der Waals surface area contributed by atoms with Crippen molar-refractivity contribution in [2.45, 2.75) is 37.3 Å². The molecule has 3 aromatic carbocycles. The molecule has 3 aromatic rings. The molecule has 4 rings (SSSR count). The second kappa shape index (κ2) is 14.8. The molecule has 40 heavy (non-hydrogen) atoms. The number of aliphatic imine (C=N–C) groups is 1. The van der Waals surface area contributed by atoms with E-state index in [1.807, 2.05) is 59.5 Å². The van der Waals surface area contributed by atoms with Gasteiger partial charge >= 0.3 is 0 Å². The summed E-state index contributed by atoms with van der Waals surface area (Å²) in [5.41, 5.74) is 8.76. The lowest BCUT2D eigenvalue weighted by Crippen LogP contribution is -2.49. The SMILES string of the molecule is CN=C(N)NCCCC1NC(CNC(=O)c2ccccc2)CCN(CC(c2ccccc2)c2ccccc2)C1=O. The number of nitrogens with two attached hydrogens (primary N) is 1. The number of amides is 2. The van der Waals surface area contributed by atoms with Gasteiger partial charge in [0.15, 0.2) is 5.96 Å². The van der Waals surface area contributed by atoms with Gasteiger partial charge < -0.3 is 26.6 Å². The van der Waals surface area contributed by atoms with E-state index in [-0.39, 0.29) is 29.8 Å². The Hall–Kier alpha value is -4.17. The fraction of sp³-hybridized carbons (Fsp3) is 0.344. The zero-order chi connectivity index (χ0) is 28.2. The molecule has 1 fully saturated rings. The number of benzene rings is 3. The maximum Gasteiger partial charge on any atom is 0.251 e. The topological polar surface area (TPSA) is 112 Å². The molecule has 0 spiro atoms. The maximum atomic E-state index is 13.9. The summed E-state index contributed by atoms with van der Waals surface area (Å²) in [7, 11) is 1.64. The Morgan fingerprint density at radius 1 is 0.975 bits per heavy atom. The van der Waals surface area contributed by atoms with Crippen molar-refractivity contribution in [1.82, 2.24) is 20.9 Å². The van der Waals surface area contributed by atoms with Crippen LogP contribution in [0.25, 0.3) is 0 Å². The molecule has 2 atom stereocenters. The normalized spacial score (nSPS) is 17.9. The van der Waals surface area contributed by atoms with Crippen molar-refractivity contribution in [2.75, 3.05) is 33.2 Å². The molecule has 1 heterocycles. The van der Waals surface area contributed by atoms with Crippen molar-refractivity contribution >= 4 is 17.8 Å². The minimum absolute atomic E-state index is 0.0336. The van der Waals surface area contributed by atoms with E-state index < -0.39 is 0 Å². The van der Waals surface area contributed by atoms with Crippen molar-refractivity contribution < 1.29 is 9.59 Å². The van der Waals surface area contributed by atoms with Crippen LogP contribution in [-0.2, 0) is 4.79 Å². The average Bonchev–Trinajstić information content (AvgIpc) is 3.15. The number of hydrogen-bond donors (Lipinski definition) is 4. The highest BCUT2D eigenvalue weighted by atomic mass is 16.2. The van der Waals surface area contributed by atoms with Gasteiger partial charge in [-0.1, -0.05) is 78.9 Å². The Kier molecular flexibility index (Phi) is 10.7. The van der Waals surface area contributed by atoms with E-state index in [1.54, 1.807) is 19.2 Å². The number of nitrogens with zero attached hydrogens (tertiary/aromatic N) is 2. The molecule has 5 N–H and O–H groups in total. The largest absolute Gasteiger partial charge is 0.370 e. The highest BCUT2D eigenvalue weighted by Gasteiger charge is 2.32. The van der Waals surface area contributed by atoms with Gasteiger partial charge in [0, 0.05) is 50.7 Å². The molecule has 8 heteroatoms. The Balaban J connectivity index is 1.49. The first-order chi connectivity index (χ1) is 19.5. The number of rotatable bonds is 11. The molecule has 1 saturated heterocycles. The molecule has 0 radical (unpaired) electrons. The Morgan fingerprint density at radius 3 is 2.17 bits per heavy atom. The van der Waals surface area contributed by atoms with Crippen LogP contribution in [0.2, 0.25) is 0 Å². The van der Waals surface area contributed by atoms with Crippen LogP contribution in [0.5, 0.6) is 0 Å². The number of carbonyl (C=O) groups is 2. The molecule has 210 valence electrons. The first-order valence-corrected chi connectivity index (χ1v) is 14.0. The van der Waals surface area contributed by atoms with E-state index in [2.05, 4.69) is 45.2 Å². The van der Waals surface area contributed by atoms with Crippen LogP contribution >= 0.6 is 0 Å². The van der Waals surface area contributed by atoms with E-state index in [0.717, 1.165) is 12.8 Å². The smallest absolute Gasteiger partial charge is 0.251 e. The lowest BCUT2D eigenvalue weighted by atomic mass is 9.90. The summed E-state index contributed by atoms with van der Waals surface area (Å²) < 4.78 is 0. The standard InChI is InChI=1S/C32H40N6O2/c1-34-32(33)35-20-11-18-29-31(40)38(21-19-27(37-29)22-36-30(39)26-16-9-4-10-17-26)23-28(24-12-5-2-6-13-24)25-14-7-3-8-15-25/h2-10,12-17,27-29,37H,11,18-23H2,1H3,(H,36,39)(H3,33,34,35). The summed E-state index contributed by atoms with van der Waals surface area (Å²) in [5.74, 6) is 0.421. The maximum absolute atomic E-state index is 13.9. The van der Waals surface area contributed by atoms with Gasteiger partial charge in [-0.2, -0.15) is 0 Å². The van der Waals surface area contributed by atoms with Crippen LogP contribution in [0, 0.1) is 0 Å². The van der Waals surface area contributed by atoms with Gasteiger partial charge in [0.2, 0.25) is 5.91 Å². The van der Waals surface area contributed by atoms with Gasteiger partial charge in [0.1, 0.15) is 0 Å². The van der Waals surface area contributed by atoms with Crippen LogP contribution in [0.4, 0.5) is 0 Å². The van der Waals surface area contributed by atoms with E-state index in [0.29, 0.717) is 44.1 Å². The first kappa shape index (κ1) is 28.8. The van der Waals surface area contributed by atoms with Crippen molar-refractivity contribution in [3.8, 4) is 0 Å². The molecule has 2 unspecified atom stereocenters. The lowest BCUT2D eigenvalue weighted by Gasteiger charge is -2.29. The quantitative estimate of drug-likeness (QED) is 0.170. The zero-order valence-electron chi connectivity index (χ0n) is 23.1. The van der Waals surface area contributed by atoms with Gasteiger partial charge in [-0.25, -0.2) is 0 Å². The number of guanidine groups is 1. The summed E-state index contributed by atoms with van der Waals surface area (Å²) in [6.45, 7) is 2.26. The second-order valence-electron chi connectivity index (χ2n) is 10.1. The van der Waals surface area contributed by atoms with E-state index in [1.165, 1.54) is 11.1 Å². The summed E-state index contributed by atoms with van der Waals surface area (Å²) in [6, 6.07) is 29.5. The fourth-order valence-corrected chi connectivity index (χ4v) is 5.13. The van der Waals surface area contributed by atoms with Gasteiger partial charge in [0.05, 0.1) is 6.04 Å². The minimum atomic E-state index is -0.366. The molecule has 2 amide bonds. The third-order valence-electron chi connectivity index (χ3n) is 7.36. The van der Waals surface area contributed by atoms with E-state index >= 15 is 0 Å². The second-order valence-corrected chi connectivity index (χ2v) is 10.1. The van der Waals surface area contributed by atoms with Crippen molar-refractivity contribution in [2.24, 2.45) is 10.7 Å². The summed E-state index contributed by atoms with van der Waals surface area (Å²) in [5, 5.41) is 9.69. The van der Waals surface area contributed by atoms with Crippen LogP contribution in [0.1, 0.15) is 46.7 Å². The molecule has 0 bridgehead atoms. The molecule has 1 aliphatic rings. The molecular weight excluding hydrogens is 500 g/mol. The lowest BCUT2D eigenvalue weighted by molar-refractivity contribution is -0.133. The molecule has 0 saturated carbocycles. The van der Waals surface area contributed by atoms with Crippen molar-refractivity contribution in [1.29, 1.82) is 0 Å². The highest BCUT2D eigenvalue weighted by Crippen LogP contribution is 2.27. The Labute approximate surface area is 237 Å². The molecule has 0 aromatic heterocycles. The predicted molar refractivity (Wildman–Crippen MR) is 160 cm³/mol. The van der Waals surface area contributed by atoms with Crippen molar-refractivity contribution in [3.63, 3.8) is 0 Å². The van der Waals surface area contributed by atoms with Crippen molar-refractivity contribution in [3.05, 3.63) is 108 Å². The first-order valence-electron chi connectivity index (χ1n) is 14.0. The van der Waals surface area contributed by atoms with E-state index in [4.69, 9.17) is 5.73 Å². The molecular formula is C32H40N6O2. The number of carbonyl (C=O) groups excluding carboxylic acids is 2.